The number of fused-ring (bicyclic) bond motifs is 1. The average Bonchev–Trinajstić information content (AvgIpc) is 3.18. The number of aromatic amines is 3. The van der Waals surface area contributed by atoms with Crippen molar-refractivity contribution in [3.8, 4) is 23.0 Å². The summed E-state index contributed by atoms with van der Waals surface area (Å²) in [4.78, 5) is 7.51. The Bertz CT molecular complexity index is 862. The third-order valence-corrected chi connectivity index (χ3v) is 2.91. The van der Waals surface area contributed by atoms with Crippen molar-refractivity contribution in [1.29, 1.82) is 0 Å². The molecule has 0 bridgehead atoms. The Balaban J connectivity index is 2.00. The van der Waals surface area contributed by atoms with Crippen LogP contribution >= 0.6 is 11.6 Å². The van der Waals surface area contributed by atoms with Gasteiger partial charge in [0.15, 0.2) is 5.82 Å². The van der Waals surface area contributed by atoms with Crippen LogP contribution < -0.4 is 0 Å². The minimum Gasteiger partial charge on any atom is -0.335 e. The first kappa shape index (κ1) is 11.0. The van der Waals surface area contributed by atoms with Gasteiger partial charge in [0.1, 0.15) is 5.52 Å². The fourth-order valence-corrected chi connectivity index (χ4v) is 2.11. The quantitative estimate of drug-likeness (QED) is 0.490. The Morgan fingerprint density at radius 2 is 1.70 bits per heavy atom. The van der Waals surface area contributed by atoms with Gasteiger partial charge in [-0.15, -0.1) is 20.4 Å². The number of hydrogen-bond donors (Lipinski definition) is 3. The molecule has 0 aliphatic carbocycles. The van der Waals surface area contributed by atoms with Gasteiger partial charge in [-0.25, -0.2) is 4.98 Å². The van der Waals surface area contributed by atoms with Gasteiger partial charge in [0.05, 0.1) is 11.1 Å². The number of rotatable bonds is 2. The first-order valence-electron chi connectivity index (χ1n) is 5.48. The Labute approximate surface area is 115 Å². The van der Waals surface area contributed by atoms with Crippen molar-refractivity contribution in [2.45, 2.75) is 0 Å². The number of tetrazole rings is 2. The van der Waals surface area contributed by atoms with Crippen molar-refractivity contribution in [1.82, 2.24) is 51.2 Å². The Morgan fingerprint density at radius 3 is 2.40 bits per heavy atom. The van der Waals surface area contributed by atoms with Gasteiger partial charge in [0.2, 0.25) is 11.6 Å². The maximum Gasteiger partial charge on any atom is 0.239 e. The summed E-state index contributed by atoms with van der Waals surface area (Å²) >= 11 is 6.09. The van der Waals surface area contributed by atoms with E-state index in [0.717, 1.165) is 5.52 Å². The molecule has 11 heteroatoms. The first-order valence-corrected chi connectivity index (χ1v) is 5.86. The fraction of sp³-hybridized carbons (Fsp3) is 0. The highest BCUT2D eigenvalue weighted by molar-refractivity contribution is 6.31. The average molecular weight is 289 g/mol. The summed E-state index contributed by atoms with van der Waals surface area (Å²) in [7, 11) is 0. The fourth-order valence-electron chi connectivity index (χ4n) is 1.90. The van der Waals surface area contributed by atoms with Gasteiger partial charge in [-0.3, -0.25) is 0 Å². The van der Waals surface area contributed by atoms with Crippen LogP contribution in [0, 0.1) is 0 Å². The van der Waals surface area contributed by atoms with Crippen LogP contribution in [-0.4, -0.2) is 51.2 Å². The van der Waals surface area contributed by atoms with E-state index in [4.69, 9.17) is 11.6 Å². The van der Waals surface area contributed by atoms with Crippen LogP contribution in [0.25, 0.3) is 34.1 Å². The molecule has 4 aromatic rings. The molecule has 0 aliphatic rings. The lowest BCUT2D eigenvalue weighted by molar-refractivity contribution is 0.881. The second-order valence-corrected chi connectivity index (χ2v) is 4.34. The third kappa shape index (κ3) is 1.62. The molecule has 0 unspecified atom stereocenters. The van der Waals surface area contributed by atoms with E-state index < -0.39 is 0 Å². The summed E-state index contributed by atoms with van der Waals surface area (Å²) in [6.07, 6.45) is 0. The van der Waals surface area contributed by atoms with Crippen LogP contribution in [0.3, 0.4) is 0 Å². The normalized spacial score (nSPS) is 11.2. The molecule has 3 heterocycles. The molecule has 4 rings (SSSR count). The standard InChI is InChI=1S/C9H5ClN10/c10-3-1-4(7-13-17-18-14-7)6-5(2-3)11-8(12-6)9-15-19-20-16-9/h1-2H,(H,11,12)(H,13,14,17,18)(H,15,16,19,20). The highest BCUT2D eigenvalue weighted by Crippen LogP contribution is 2.29. The number of nitrogens with one attached hydrogen (secondary N) is 3. The number of halogens is 1. The molecule has 0 aliphatic heterocycles. The predicted octanol–water partition coefficient (Wildman–Crippen LogP) is 0.577. The van der Waals surface area contributed by atoms with Crippen molar-refractivity contribution in [2.24, 2.45) is 0 Å². The molecule has 0 atom stereocenters. The van der Waals surface area contributed by atoms with Crippen molar-refractivity contribution < 1.29 is 0 Å². The summed E-state index contributed by atoms with van der Waals surface area (Å²) in [5, 5.41) is 28.0. The lowest BCUT2D eigenvalue weighted by atomic mass is 10.2. The Morgan fingerprint density at radius 1 is 0.950 bits per heavy atom. The van der Waals surface area contributed by atoms with Crippen molar-refractivity contribution in [3.63, 3.8) is 0 Å². The zero-order valence-corrected chi connectivity index (χ0v) is 10.4. The van der Waals surface area contributed by atoms with Crippen LogP contribution in [0.5, 0.6) is 0 Å². The lowest BCUT2D eigenvalue weighted by Gasteiger charge is -1.97. The van der Waals surface area contributed by atoms with Crippen LogP contribution in [0.2, 0.25) is 5.02 Å². The molecule has 10 nitrogen and oxygen atoms in total. The molecular weight excluding hydrogens is 284 g/mol. The third-order valence-electron chi connectivity index (χ3n) is 2.69. The van der Waals surface area contributed by atoms with Gasteiger partial charge >= 0.3 is 0 Å². The molecule has 98 valence electrons. The zero-order chi connectivity index (χ0) is 13.5. The second-order valence-electron chi connectivity index (χ2n) is 3.91. The smallest absolute Gasteiger partial charge is 0.239 e. The summed E-state index contributed by atoms with van der Waals surface area (Å²) in [5.74, 6) is 1.24. The van der Waals surface area contributed by atoms with Crippen molar-refractivity contribution in [2.75, 3.05) is 0 Å². The van der Waals surface area contributed by atoms with Gasteiger partial charge < -0.3 is 4.98 Å². The molecule has 0 fully saturated rings. The summed E-state index contributed by atoms with van der Waals surface area (Å²) in [6, 6.07) is 3.46. The van der Waals surface area contributed by atoms with Gasteiger partial charge in [0, 0.05) is 5.02 Å². The maximum atomic E-state index is 6.09. The molecule has 0 amide bonds. The van der Waals surface area contributed by atoms with Crippen molar-refractivity contribution in [3.05, 3.63) is 17.2 Å². The van der Waals surface area contributed by atoms with Crippen LogP contribution in [0.15, 0.2) is 12.1 Å². The number of hydrogen-bond acceptors (Lipinski definition) is 7. The molecule has 0 radical (unpaired) electrons. The SMILES string of the molecule is Clc1cc(-c2nn[nH]n2)c2nc(-c3nn[nH]n3)[nH]c2c1. The van der Waals surface area contributed by atoms with Gasteiger partial charge in [-0.2, -0.15) is 10.4 Å². The molecule has 20 heavy (non-hydrogen) atoms. The number of H-pyrrole nitrogens is 3. The van der Waals surface area contributed by atoms with Crippen LogP contribution in [-0.2, 0) is 0 Å². The molecule has 0 saturated carbocycles. The molecule has 0 spiro atoms. The minimum atomic E-state index is 0.358. The van der Waals surface area contributed by atoms with Crippen LogP contribution in [0.4, 0.5) is 0 Å². The Kier molecular flexibility index (Phi) is 2.23. The van der Waals surface area contributed by atoms with E-state index in [2.05, 4.69) is 51.2 Å². The summed E-state index contributed by atoms with van der Waals surface area (Å²) in [5.41, 5.74) is 2.03. The van der Waals surface area contributed by atoms with Crippen LogP contribution in [0.1, 0.15) is 0 Å². The monoisotopic (exact) mass is 288 g/mol. The highest BCUT2D eigenvalue weighted by atomic mass is 35.5. The number of aromatic nitrogens is 10. The van der Waals surface area contributed by atoms with Gasteiger partial charge in [-0.1, -0.05) is 11.6 Å². The topological polar surface area (TPSA) is 138 Å². The molecular formula is C9H5ClN10. The zero-order valence-electron chi connectivity index (χ0n) is 9.66. The largest absolute Gasteiger partial charge is 0.335 e. The lowest BCUT2D eigenvalue weighted by Crippen LogP contribution is -1.85. The van der Waals surface area contributed by atoms with Gasteiger partial charge in [-0.05, 0) is 22.6 Å². The summed E-state index contributed by atoms with van der Waals surface area (Å²) in [6.45, 7) is 0. The first-order chi connectivity index (χ1) is 9.81. The minimum absolute atomic E-state index is 0.358. The van der Waals surface area contributed by atoms with E-state index in [0.29, 0.717) is 33.6 Å². The molecule has 3 N–H and O–H groups in total. The van der Waals surface area contributed by atoms with E-state index in [1.165, 1.54) is 0 Å². The highest BCUT2D eigenvalue weighted by Gasteiger charge is 2.16. The number of nitrogens with zero attached hydrogens (tertiary/aromatic N) is 7. The van der Waals surface area contributed by atoms with E-state index in [9.17, 15) is 0 Å². The van der Waals surface area contributed by atoms with E-state index in [1.54, 1.807) is 12.1 Å². The Hall–Kier alpha value is -2.88. The van der Waals surface area contributed by atoms with Crippen molar-refractivity contribution >= 4 is 22.6 Å². The van der Waals surface area contributed by atoms with Gasteiger partial charge in [0.25, 0.3) is 0 Å². The predicted molar refractivity (Wildman–Crippen MR) is 67.4 cm³/mol. The molecule has 1 aromatic carbocycles. The number of benzene rings is 1. The molecule has 0 saturated heterocycles. The maximum absolute atomic E-state index is 6.09. The molecule has 3 aromatic heterocycles. The van der Waals surface area contributed by atoms with E-state index in [-0.39, 0.29) is 0 Å². The second kappa shape index (κ2) is 4.06. The van der Waals surface area contributed by atoms with E-state index >= 15 is 0 Å². The summed E-state index contributed by atoms with van der Waals surface area (Å²) < 4.78 is 0. The van der Waals surface area contributed by atoms with E-state index in [1.807, 2.05) is 0 Å². The number of imidazole rings is 1.